The van der Waals surface area contributed by atoms with E-state index in [0.29, 0.717) is 26.4 Å². The van der Waals surface area contributed by atoms with Gasteiger partial charge >= 0.3 is 5.97 Å². The lowest BCUT2D eigenvalue weighted by molar-refractivity contribution is -0.146. The van der Waals surface area contributed by atoms with E-state index in [-0.39, 0.29) is 12.1 Å². The van der Waals surface area contributed by atoms with Crippen LogP contribution in [0.15, 0.2) is 0 Å². The van der Waals surface area contributed by atoms with E-state index in [1.807, 2.05) is 0 Å². The fourth-order valence-corrected chi connectivity index (χ4v) is 4.66. The van der Waals surface area contributed by atoms with E-state index in [4.69, 9.17) is 14.2 Å². The molecular weight excluding hydrogens is 268 g/mol. The normalized spacial score (nSPS) is 41.6. The first kappa shape index (κ1) is 15.3. The molecule has 0 aromatic heterocycles. The molecule has 4 nitrogen and oxygen atoms in total. The van der Waals surface area contributed by atoms with Crippen molar-refractivity contribution in [2.45, 2.75) is 52.1 Å². The van der Waals surface area contributed by atoms with Gasteiger partial charge in [-0.15, -0.1) is 0 Å². The lowest BCUT2D eigenvalue weighted by atomic mass is 9.74. The van der Waals surface area contributed by atoms with Crippen molar-refractivity contribution < 1.29 is 19.0 Å². The fourth-order valence-electron chi connectivity index (χ4n) is 4.66. The molecule has 3 rings (SSSR count). The van der Waals surface area contributed by atoms with E-state index in [2.05, 4.69) is 13.8 Å². The lowest BCUT2D eigenvalue weighted by Crippen LogP contribution is -2.24. The molecule has 3 fully saturated rings. The van der Waals surface area contributed by atoms with Gasteiger partial charge in [0.2, 0.25) is 0 Å². The average molecular weight is 296 g/mol. The minimum atomic E-state index is -0.0879. The second-order valence-electron chi connectivity index (χ2n) is 7.23. The number of hydrogen-bond acceptors (Lipinski definition) is 4. The zero-order valence-corrected chi connectivity index (χ0v) is 13.3. The van der Waals surface area contributed by atoms with Gasteiger partial charge < -0.3 is 14.2 Å². The highest BCUT2D eigenvalue weighted by atomic mass is 16.7. The molecule has 0 amide bonds. The van der Waals surface area contributed by atoms with E-state index in [0.717, 1.165) is 36.0 Å². The van der Waals surface area contributed by atoms with E-state index < -0.39 is 0 Å². The fraction of sp³-hybridized carbons (Fsp3) is 0.941. The van der Waals surface area contributed by atoms with E-state index in [1.54, 1.807) is 0 Å². The van der Waals surface area contributed by atoms with Crippen molar-refractivity contribution in [1.29, 1.82) is 0 Å². The Labute approximate surface area is 127 Å². The topological polar surface area (TPSA) is 44.8 Å². The number of carbonyl (C=O) groups is 1. The smallest absolute Gasteiger partial charge is 0.305 e. The van der Waals surface area contributed by atoms with Crippen LogP contribution in [-0.4, -0.2) is 32.1 Å². The van der Waals surface area contributed by atoms with Crippen LogP contribution in [0.2, 0.25) is 0 Å². The summed E-state index contributed by atoms with van der Waals surface area (Å²) in [6, 6.07) is 0. The first-order valence-corrected chi connectivity index (χ1v) is 8.50. The molecule has 2 aliphatic carbocycles. The van der Waals surface area contributed by atoms with E-state index in [1.165, 1.54) is 19.3 Å². The molecule has 0 N–H and O–H groups in total. The molecule has 120 valence electrons. The van der Waals surface area contributed by atoms with Crippen LogP contribution >= 0.6 is 0 Å². The quantitative estimate of drug-likeness (QED) is 0.707. The van der Waals surface area contributed by atoms with Crippen LogP contribution in [-0.2, 0) is 19.0 Å². The Bertz CT molecular complexity index is 362. The number of fused-ring (bicyclic) bond motifs is 2. The number of hydrogen-bond donors (Lipinski definition) is 0. The van der Waals surface area contributed by atoms with Gasteiger partial charge in [0.15, 0.2) is 0 Å². The second kappa shape index (κ2) is 6.66. The molecule has 0 radical (unpaired) electrons. The molecule has 2 bridgehead atoms. The van der Waals surface area contributed by atoms with Crippen LogP contribution in [0, 0.1) is 29.6 Å². The van der Waals surface area contributed by atoms with Gasteiger partial charge in [-0.05, 0) is 55.3 Å². The maximum absolute atomic E-state index is 11.7. The molecule has 6 unspecified atom stereocenters. The number of carbonyl (C=O) groups excluding carboxylic acids is 1. The van der Waals surface area contributed by atoms with Gasteiger partial charge in [-0.25, -0.2) is 0 Å². The molecule has 21 heavy (non-hydrogen) atoms. The predicted molar refractivity (Wildman–Crippen MR) is 78.5 cm³/mol. The first-order chi connectivity index (χ1) is 10.1. The van der Waals surface area contributed by atoms with Gasteiger partial charge in [0.25, 0.3) is 0 Å². The van der Waals surface area contributed by atoms with Crippen LogP contribution < -0.4 is 0 Å². The maximum atomic E-state index is 11.7. The van der Waals surface area contributed by atoms with Crippen LogP contribution in [0.1, 0.15) is 46.0 Å². The summed E-state index contributed by atoms with van der Waals surface area (Å²) in [7, 11) is 0. The van der Waals surface area contributed by atoms with Crippen molar-refractivity contribution in [1.82, 2.24) is 0 Å². The summed E-state index contributed by atoms with van der Waals surface area (Å²) in [5.74, 6) is 4.40. The molecule has 2 saturated carbocycles. The van der Waals surface area contributed by atoms with Crippen LogP contribution in [0.25, 0.3) is 0 Å². The number of esters is 1. The molecule has 4 heteroatoms. The third-order valence-electron chi connectivity index (χ3n) is 6.11. The monoisotopic (exact) mass is 296 g/mol. The van der Waals surface area contributed by atoms with Gasteiger partial charge in [0, 0.05) is 6.42 Å². The standard InChI is InChI=1S/C17H28O4/c1-11-12(2)16-7-14(11)6-13(16)4-3-5-17(18)20-9-15-8-19-10-21-15/h11-16H,3-10H2,1-2H3. The summed E-state index contributed by atoms with van der Waals surface area (Å²) < 4.78 is 15.6. The van der Waals surface area contributed by atoms with Crippen molar-refractivity contribution in [2.75, 3.05) is 20.0 Å². The highest BCUT2D eigenvalue weighted by molar-refractivity contribution is 5.69. The molecule has 1 aliphatic heterocycles. The molecular formula is C17H28O4. The van der Waals surface area contributed by atoms with E-state index in [9.17, 15) is 4.79 Å². The largest absolute Gasteiger partial charge is 0.463 e. The first-order valence-electron chi connectivity index (χ1n) is 8.50. The Kier molecular flexibility index (Phi) is 4.85. The predicted octanol–water partition coefficient (Wildman–Crippen LogP) is 3.00. The highest BCUT2D eigenvalue weighted by Crippen LogP contribution is 2.56. The molecule has 1 saturated heterocycles. The molecule has 0 spiro atoms. The SMILES string of the molecule is CC1C2CC(CCCC(=O)OCC3COCO3)C(C2)C1C. The number of rotatable bonds is 6. The van der Waals surface area contributed by atoms with Crippen molar-refractivity contribution in [3.05, 3.63) is 0 Å². The third kappa shape index (κ3) is 3.42. The molecule has 3 aliphatic rings. The summed E-state index contributed by atoms with van der Waals surface area (Å²) in [5, 5.41) is 0. The van der Waals surface area contributed by atoms with E-state index >= 15 is 0 Å². The lowest BCUT2D eigenvalue weighted by Gasteiger charge is -2.31. The van der Waals surface area contributed by atoms with Gasteiger partial charge in [-0.2, -0.15) is 0 Å². The van der Waals surface area contributed by atoms with Gasteiger partial charge in [0.1, 0.15) is 19.5 Å². The zero-order valence-electron chi connectivity index (χ0n) is 13.3. The van der Waals surface area contributed by atoms with Crippen molar-refractivity contribution >= 4 is 5.97 Å². The Morgan fingerprint density at radius 2 is 2.10 bits per heavy atom. The zero-order chi connectivity index (χ0) is 14.8. The molecule has 1 heterocycles. The Morgan fingerprint density at radius 3 is 2.76 bits per heavy atom. The van der Waals surface area contributed by atoms with Crippen molar-refractivity contribution in [3.63, 3.8) is 0 Å². The van der Waals surface area contributed by atoms with Crippen LogP contribution in [0.4, 0.5) is 0 Å². The van der Waals surface area contributed by atoms with Gasteiger partial charge in [-0.3, -0.25) is 4.79 Å². The summed E-state index contributed by atoms with van der Waals surface area (Å²) in [6.45, 7) is 6.02. The molecule has 6 atom stereocenters. The summed E-state index contributed by atoms with van der Waals surface area (Å²) in [6.07, 6.45) is 5.45. The van der Waals surface area contributed by atoms with Crippen molar-refractivity contribution in [3.8, 4) is 0 Å². The number of ether oxygens (including phenoxy) is 3. The van der Waals surface area contributed by atoms with Crippen LogP contribution in [0.3, 0.4) is 0 Å². The maximum Gasteiger partial charge on any atom is 0.305 e. The van der Waals surface area contributed by atoms with Gasteiger partial charge in [-0.1, -0.05) is 13.8 Å². The summed E-state index contributed by atoms with van der Waals surface area (Å²) in [5.41, 5.74) is 0. The minimum Gasteiger partial charge on any atom is -0.463 e. The Hall–Kier alpha value is -0.610. The minimum absolute atomic E-state index is 0.0677. The summed E-state index contributed by atoms with van der Waals surface area (Å²) in [4.78, 5) is 11.7. The van der Waals surface area contributed by atoms with Crippen molar-refractivity contribution in [2.24, 2.45) is 29.6 Å². The highest BCUT2D eigenvalue weighted by Gasteiger charge is 2.47. The van der Waals surface area contributed by atoms with Crippen LogP contribution in [0.5, 0.6) is 0 Å². The average Bonchev–Trinajstić information content (AvgIpc) is 3.17. The second-order valence-corrected chi connectivity index (χ2v) is 7.23. The molecule has 0 aromatic carbocycles. The van der Waals surface area contributed by atoms with Gasteiger partial charge in [0.05, 0.1) is 6.61 Å². The Balaban J connectivity index is 1.30. The summed E-state index contributed by atoms with van der Waals surface area (Å²) >= 11 is 0. The Morgan fingerprint density at radius 1 is 1.24 bits per heavy atom. The molecule has 0 aromatic rings. The third-order valence-corrected chi connectivity index (χ3v) is 6.11.